The van der Waals surface area contributed by atoms with E-state index in [0.29, 0.717) is 30.3 Å². The SMILES string of the molecule is COCCNc1nc2nonc2nc1N1CCC[C@@H]1c1cccc(OC)c1. The van der Waals surface area contributed by atoms with Crippen molar-refractivity contribution in [3.8, 4) is 5.75 Å². The quantitative estimate of drug-likeness (QED) is 0.629. The number of anilines is 2. The van der Waals surface area contributed by atoms with E-state index in [1.807, 2.05) is 12.1 Å². The van der Waals surface area contributed by atoms with Gasteiger partial charge in [-0.3, -0.25) is 0 Å². The monoisotopic (exact) mass is 370 g/mol. The van der Waals surface area contributed by atoms with Crippen LogP contribution in [-0.4, -0.2) is 54.2 Å². The van der Waals surface area contributed by atoms with Gasteiger partial charge in [-0.2, -0.15) is 0 Å². The normalized spacial score (nSPS) is 16.8. The van der Waals surface area contributed by atoms with Gasteiger partial charge >= 0.3 is 0 Å². The molecule has 2 aromatic heterocycles. The zero-order valence-electron chi connectivity index (χ0n) is 15.4. The van der Waals surface area contributed by atoms with E-state index in [0.717, 1.165) is 31.0 Å². The molecule has 9 nitrogen and oxygen atoms in total. The minimum absolute atomic E-state index is 0.190. The molecule has 9 heteroatoms. The Kier molecular flexibility index (Phi) is 5.01. The second-order valence-electron chi connectivity index (χ2n) is 6.35. The summed E-state index contributed by atoms with van der Waals surface area (Å²) in [7, 11) is 3.35. The molecule has 0 saturated carbocycles. The van der Waals surface area contributed by atoms with Crippen LogP contribution in [0.25, 0.3) is 11.3 Å². The van der Waals surface area contributed by atoms with Crippen molar-refractivity contribution in [1.82, 2.24) is 20.3 Å². The highest BCUT2D eigenvalue weighted by molar-refractivity contribution is 5.74. The van der Waals surface area contributed by atoms with Crippen molar-refractivity contribution in [2.45, 2.75) is 18.9 Å². The van der Waals surface area contributed by atoms with Gasteiger partial charge in [-0.05, 0) is 40.9 Å². The molecule has 1 aliphatic heterocycles. The van der Waals surface area contributed by atoms with Crippen LogP contribution >= 0.6 is 0 Å². The number of hydrogen-bond donors (Lipinski definition) is 1. The van der Waals surface area contributed by atoms with Gasteiger partial charge in [0.2, 0.25) is 11.3 Å². The summed E-state index contributed by atoms with van der Waals surface area (Å²) in [6.07, 6.45) is 2.09. The predicted octanol–water partition coefficient (Wildman–Crippen LogP) is 2.42. The Balaban J connectivity index is 1.71. The van der Waals surface area contributed by atoms with Crippen LogP contribution in [0.5, 0.6) is 5.75 Å². The first-order valence-electron chi connectivity index (χ1n) is 8.94. The number of nitrogens with zero attached hydrogens (tertiary/aromatic N) is 5. The van der Waals surface area contributed by atoms with Crippen LogP contribution in [0.15, 0.2) is 28.9 Å². The van der Waals surface area contributed by atoms with Gasteiger partial charge in [0.15, 0.2) is 11.6 Å². The highest BCUT2D eigenvalue weighted by atomic mass is 16.6. The van der Waals surface area contributed by atoms with Gasteiger partial charge in [0.1, 0.15) is 5.75 Å². The van der Waals surface area contributed by atoms with Gasteiger partial charge in [-0.1, -0.05) is 12.1 Å². The van der Waals surface area contributed by atoms with E-state index in [9.17, 15) is 0 Å². The molecule has 142 valence electrons. The van der Waals surface area contributed by atoms with Crippen LogP contribution < -0.4 is 15.0 Å². The molecular weight excluding hydrogens is 348 g/mol. The molecule has 27 heavy (non-hydrogen) atoms. The Morgan fingerprint density at radius 1 is 1.22 bits per heavy atom. The minimum atomic E-state index is 0.190. The second kappa shape index (κ2) is 7.75. The summed E-state index contributed by atoms with van der Waals surface area (Å²) in [6, 6.07) is 8.35. The highest BCUT2D eigenvalue weighted by Crippen LogP contribution is 2.39. The van der Waals surface area contributed by atoms with Crippen LogP contribution in [0.3, 0.4) is 0 Å². The van der Waals surface area contributed by atoms with Crippen LogP contribution in [0.2, 0.25) is 0 Å². The fraction of sp³-hybridized carbons (Fsp3) is 0.444. The van der Waals surface area contributed by atoms with Crippen LogP contribution in [0.4, 0.5) is 11.6 Å². The maximum absolute atomic E-state index is 5.39. The third-order valence-electron chi connectivity index (χ3n) is 4.70. The lowest BCUT2D eigenvalue weighted by Gasteiger charge is -2.27. The minimum Gasteiger partial charge on any atom is -0.497 e. The number of fused-ring (bicyclic) bond motifs is 1. The smallest absolute Gasteiger partial charge is 0.245 e. The number of nitrogens with one attached hydrogen (secondary N) is 1. The van der Waals surface area contributed by atoms with Crippen molar-refractivity contribution in [2.24, 2.45) is 0 Å². The fourth-order valence-electron chi connectivity index (χ4n) is 3.44. The highest BCUT2D eigenvalue weighted by Gasteiger charge is 2.30. The Morgan fingerprint density at radius 3 is 2.89 bits per heavy atom. The lowest BCUT2D eigenvalue weighted by Crippen LogP contribution is -2.26. The van der Waals surface area contributed by atoms with Crippen LogP contribution in [-0.2, 0) is 4.74 Å². The van der Waals surface area contributed by atoms with Crippen molar-refractivity contribution in [3.05, 3.63) is 29.8 Å². The molecule has 0 unspecified atom stereocenters. The topological polar surface area (TPSA) is 98.4 Å². The molecule has 0 amide bonds. The number of aromatic nitrogens is 4. The standard InChI is InChI=1S/C18H22N6O3/c1-25-10-8-19-17-18(21-16-15(20-17)22-27-23-16)24-9-4-7-14(24)12-5-3-6-13(11-12)26-2/h3,5-6,11,14H,4,7-10H2,1-2H3,(H,19,20,22)/t14-/m1/s1. The van der Waals surface area contributed by atoms with E-state index in [-0.39, 0.29) is 6.04 Å². The zero-order chi connectivity index (χ0) is 18.6. The van der Waals surface area contributed by atoms with Crippen molar-refractivity contribution >= 4 is 22.9 Å². The van der Waals surface area contributed by atoms with Gasteiger partial charge in [0, 0.05) is 20.2 Å². The molecule has 1 atom stereocenters. The van der Waals surface area contributed by atoms with E-state index >= 15 is 0 Å². The summed E-state index contributed by atoms with van der Waals surface area (Å²) >= 11 is 0. The Bertz CT molecular complexity index is 915. The van der Waals surface area contributed by atoms with Crippen LogP contribution in [0.1, 0.15) is 24.4 Å². The molecule has 1 fully saturated rings. The number of methoxy groups -OCH3 is 2. The first-order chi connectivity index (χ1) is 13.3. The van der Waals surface area contributed by atoms with Crippen molar-refractivity contribution in [1.29, 1.82) is 0 Å². The first kappa shape index (κ1) is 17.5. The second-order valence-corrected chi connectivity index (χ2v) is 6.35. The van der Waals surface area contributed by atoms with Crippen LogP contribution in [0, 0.1) is 0 Å². The molecule has 0 spiro atoms. The average molecular weight is 370 g/mol. The molecule has 1 N–H and O–H groups in total. The summed E-state index contributed by atoms with van der Waals surface area (Å²) in [4.78, 5) is 11.5. The summed E-state index contributed by atoms with van der Waals surface area (Å²) in [6.45, 7) is 2.06. The van der Waals surface area contributed by atoms with E-state index in [1.54, 1.807) is 14.2 Å². The fourth-order valence-corrected chi connectivity index (χ4v) is 3.44. The van der Waals surface area contributed by atoms with E-state index in [1.165, 1.54) is 5.56 Å². The molecule has 0 radical (unpaired) electrons. The third kappa shape index (κ3) is 3.50. The summed E-state index contributed by atoms with van der Waals surface area (Å²) in [5, 5.41) is 11.0. The van der Waals surface area contributed by atoms with Gasteiger partial charge in [-0.15, -0.1) is 0 Å². The zero-order valence-corrected chi connectivity index (χ0v) is 15.4. The Morgan fingerprint density at radius 2 is 2.07 bits per heavy atom. The van der Waals surface area contributed by atoms with E-state index in [2.05, 4.69) is 42.6 Å². The van der Waals surface area contributed by atoms with Gasteiger partial charge in [0.25, 0.3) is 0 Å². The van der Waals surface area contributed by atoms with Gasteiger partial charge in [-0.25, -0.2) is 14.6 Å². The van der Waals surface area contributed by atoms with Crippen molar-refractivity contribution in [2.75, 3.05) is 44.1 Å². The van der Waals surface area contributed by atoms with E-state index < -0.39 is 0 Å². The first-order valence-corrected chi connectivity index (χ1v) is 8.94. The van der Waals surface area contributed by atoms with Crippen molar-refractivity contribution in [3.63, 3.8) is 0 Å². The number of hydrogen-bond acceptors (Lipinski definition) is 9. The Labute approximate surface area is 156 Å². The van der Waals surface area contributed by atoms with Gasteiger partial charge < -0.3 is 19.7 Å². The molecule has 3 aromatic rings. The maximum atomic E-state index is 5.39. The molecule has 1 aliphatic rings. The summed E-state index contributed by atoms with van der Waals surface area (Å²) < 4.78 is 15.3. The molecule has 1 saturated heterocycles. The lowest BCUT2D eigenvalue weighted by atomic mass is 10.0. The maximum Gasteiger partial charge on any atom is 0.245 e. The van der Waals surface area contributed by atoms with E-state index in [4.69, 9.17) is 14.1 Å². The average Bonchev–Trinajstić information content (AvgIpc) is 3.36. The number of ether oxygens (including phenoxy) is 2. The summed E-state index contributed by atoms with van der Waals surface area (Å²) in [5.41, 5.74) is 1.98. The molecule has 3 heterocycles. The molecule has 1 aromatic carbocycles. The molecule has 0 aliphatic carbocycles. The predicted molar refractivity (Wildman–Crippen MR) is 100 cm³/mol. The van der Waals surface area contributed by atoms with Crippen molar-refractivity contribution < 1.29 is 14.1 Å². The molecule has 4 rings (SSSR count). The Hall–Kier alpha value is -2.94. The molecule has 0 bridgehead atoms. The molecular formula is C18H22N6O3. The third-order valence-corrected chi connectivity index (χ3v) is 4.70. The largest absolute Gasteiger partial charge is 0.497 e. The number of benzene rings is 1. The summed E-state index contributed by atoms with van der Waals surface area (Å²) in [5.74, 6) is 2.25. The lowest BCUT2D eigenvalue weighted by molar-refractivity contribution is 0.210. The number of rotatable bonds is 7. The van der Waals surface area contributed by atoms with Gasteiger partial charge in [0.05, 0.1) is 19.8 Å².